The Morgan fingerprint density at radius 2 is 1.89 bits per heavy atom. The number of likely N-dealkylation sites (N-methyl/N-ethyl adjacent to an activating group) is 1. The van der Waals surface area contributed by atoms with E-state index in [0.717, 1.165) is 4.31 Å². The van der Waals surface area contributed by atoms with Crippen molar-refractivity contribution in [1.82, 2.24) is 9.62 Å². The Kier molecular flexibility index (Phi) is 7.99. The summed E-state index contributed by atoms with van der Waals surface area (Å²) in [5.74, 6) is 0.390. The second kappa shape index (κ2) is 10.2. The Balaban J connectivity index is 1.77. The number of nitrogens with one attached hydrogen (secondary N) is 1. The largest absolute Gasteiger partial charge is 0.354 e. The molecule has 0 saturated heterocycles. The molecule has 0 aliphatic carbocycles. The molecule has 0 radical (unpaired) electrons. The topological polar surface area (TPSA) is 90.3 Å². The van der Waals surface area contributed by atoms with Crippen LogP contribution in [0.1, 0.15) is 11.1 Å². The second-order valence-corrected chi connectivity index (χ2v) is 9.04. The molecule has 0 spiro atoms. The maximum Gasteiger partial charge on any atom is 0.243 e. The molecule has 1 N–H and O–H groups in total. The monoisotopic (exact) mass is 421 g/mol. The van der Waals surface area contributed by atoms with Crippen molar-refractivity contribution >= 4 is 27.7 Å². The number of halogens is 1. The first-order valence-corrected chi connectivity index (χ1v) is 11.0. The highest BCUT2D eigenvalue weighted by Crippen LogP contribution is 2.16. The van der Waals surface area contributed by atoms with E-state index >= 15 is 0 Å². The minimum absolute atomic E-state index is 0.0160. The van der Waals surface area contributed by atoms with E-state index in [4.69, 9.17) is 5.26 Å². The zero-order chi connectivity index (χ0) is 20.6. The summed E-state index contributed by atoms with van der Waals surface area (Å²) in [6, 6.07) is 13.9. The van der Waals surface area contributed by atoms with Gasteiger partial charge in [0.05, 0.1) is 23.1 Å². The number of carbonyl (C=O) groups excluding carboxylic acids is 1. The van der Waals surface area contributed by atoms with Crippen LogP contribution in [0.25, 0.3) is 0 Å². The number of rotatable bonds is 9. The van der Waals surface area contributed by atoms with Gasteiger partial charge in [0, 0.05) is 25.1 Å². The van der Waals surface area contributed by atoms with E-state index in [2.05, 4.69) is 5.32 Å². The number of amides is 1. The van der Waals surface area contributed by atoms with Gasteiger partial charge in [-0.3, -0.25) is 4.79 Å². The van der Waals surface area contributed by atoms with Gasteiger partial charge in [-0.1, -0.05) is 18.2 Å². The van der Waals surface area contributed by atoms with Crippen molar-refractivity contribution in [2.75, 3.05) is 25.9 Å². The van der Waals surface area contributed by atoms with Crippen molar-refractivity contribution in [3.05, 3.63) is 65.5 Å². The van der Waals surface area contributed by atoms with Gasteiger partial charge in [-0.25, -0.2) is 12.8 Å². The van der Waals surface area contributed by atoms with Crippen LogP contribution in [0.2, 0.25) is 0 Å². The fraction of sp³-hybridized carbons (Fsp3) is 0.263. The molecule has 148 valence electrons. The molecular formula is C19H20FN3O3S2. The molecule has 0 aromatic heterocycles. The number of hydrogen-bond acceptors (Lipinski definition) is 5. The fourth-order valence-corrected chi connectivity index (χ4v) is 4.26. The number of thioether (sulfide) groups is 1. The average Bonchev–Trinajstić information content (AvgIpc) is 2.69. The molecule has 0 atom stereocenters. The summed E-state index contributed by atoms with van der Waals surface area (Å²) in [4.78, 5) is 12.0. The Labute approximate surface area is 168 Å². The Morgan fingerprint density at radius 1 is 1.21 bits per heavy atom. The first kappa shape index (κ1) is 21.9. The normalized spacial score (nSPS) is 11.2. The minimum Gasteiger partial charge on any atom is -0.354 e. The first-order chi connectivity index (χ1) is 13.3. The highest BCUT2D eigenvalue weighted by atomic mass is 32.2. The standard InChI is InChI=1S/C19H20FN3O3S2/c1-23(28(25,26)17-8-6-15(12-21)7-9-17)13-19(24)22-10-11-27-14-16-4-2-3-5-18(16)20/h2-9H,10-11,13-14H2,1H3,(H,22,24). The quantitative estimate of drug-likeness (QED) is 0.628. The number of carbonyl (C=O) groups is 1. The highest BCUT2D eigenvalue weighted by Gasteiger charge is 2.22. The Bertz CT molecular complexity index is 957. The lowest BCUT2D eigenvalue weighted by Crippen LogP contribution is -2.39. The molecule has 0 unspecified atom stereocenters. The molecule has 2 rings (SSSR count). The van der Waals surface area contributed by atoms with Gasteiger partial charge in [0.2, 0.25) is 15.9 Å². The molecule has 0 heterocycles. The molecule has 0 fully saturated rings. The molecular weight excluding hydrogens is 401 g/mol. The minimum atomic E-state index is -3.82. The van der Waals surface area contributed by atoms with Crippen molar-refractivity contribution in [3.63, 3.8) is 0 Å². The van der Waals surface area contributed by atoms with E-state index in [9.17, 15) is 17.6 Å². The number of nitrogens with zero attached hydrogens (tertiary/aromatic N) is 2. The SMILES string of the molecule is CN(CC(=O)NCCSCc1ccccc1F)S(=O)(=O)c1ccc(C#N)cc1. The number of hydrogen-bond donors (Lipinski definition) is 1. The molecule has 28 heavy (non-hydrogen) atoms. The smallest absolute Gasteiger partial charge is 0.243 e. The lowest BCUT2D eigenvalue weighted by Gasteiger charge is -2.17. The van der Waals surface area contributed by atoms with Crippen LogP contribution >= 0.6 is 11.8 Å². The Hall–Kier alpha value is -2.41. The molecule has 2 aromatic rings. The van der Waals surface area contributed by atoms with Crippen LogP contribution in [0.5, 0.6) is 0 Å². The van der Waals surface area contributed by atoms with E-state index in [1.165, 1.54) is 49.1 Å². The van der Waals surface area contributed by atoms with Crippen LogP contribution in [0.3, 0.4) is 0 Å². The fourth-order valence-electron chi connectivity index (χ4n) is 2.28. The number of benzene rings is 2. The maximum absolute atomic E-state index is 13.5. The zero-order valence-electron chi connectivity index (χ0n) is 15.3. The molecule has 0 bridgehead atoms. The van der Waals surface area contributed by atoms with Crippen LogP contribution in [-0.2, 0) is 20.6 Å². The van der Waals surface area contributed by atoms with E-state index in [0.29, 0.717) is 29.2 Å². The van der Waals surface area contributed by atoms with E-state index in [-0.39, 0.29) is 17.3 Å². The highest BCUT2D eigenvalue weighted by molar-refractivity contribution is 7.98. The van der Waals surface area contributed by atoms with Crippen LogP contribution < -0.4 is 5.32 Å². The van der Waals surface area contributed by atoms with Crippen molar-refractivity contribution in [2.45, 2.75) is 10.6 Å². The van der Waals surface area contributed by atoms with Gasteiger partial charge in [0.25, 0.3) is 0 Å². The van der Waals surface area contributed by atoms with Crippen LogP contribution in [0, 0.1) is 17.1 Å². The molecule has 1 amide bonds. The summed E-state index contributed by atoms with van der Waals surface area (Å²) >= 11 is 1.47. The van der Waals surface area contributed by atoms with E-state index < -0.39 is 15.9 Å². The third-order valence-corrected chi connectivity index (χ3v) is 6.67. The summed E-state index contributed by atoms with van der Waals surface area (Å²) < 4.78 is 39.4. The molecule has 6 nitrogen and oxygen atoms in total. The Morgan fingerprint density at radius 3 is 2.54 bits per heavy atom. The summed E-state index contributed by atoms with van der Waals surface area (Å²) in [5.41, 5.74) is 0.958. The van der Waals surface area contributed by atoms with E-state index in [1.807, 2.05) is 6.07 Å². The predicted octanol–water partition coefficient (Wildman–Crippen LogP) is 2.37. The molecule has 2 aromatic carbocycles. The maximum atomic E-state index is 13.5. The van der Waals surface area contributed by atoms with Crippen molar-refractivity contribution in [1.29, 1.82) is 5.26 Å². The third kappa shape index (κ3) is 6.05. The van der Waals surface area contributed by atoms with Gasteiger partial charge in [-0.05, 0) is 35.9 Å². The van der Waals surface area contributed by atoms with Gasteiger partial charge < -0.3 is 5.32 Å². The van der Waals surface area contributed by atoms with Crippen LogP contribution in [0.4, 0.5) is 4.39 Å². The molecule has 0 aliphatic heterocycles. The second-order valence-electron chi connectivity index (χ2n) is 5.89. The predicted molar refractivity (Wildman–Crippen MR) is 107 cm³/mol. The van der Waals surface area contributed by atoms with Crippen molar-refractivity contribution in [3.8, 4) is 6.07 Å². The summed E-state index contributed by atoms with van der Waals surface area (Å²) in [7, 11) is -2.50. The van der Waals surface area contributed by atoms with Gasteiger partial charge in [0.15, 0.2) is 0 Å². The molecule has 0 saturated carbocycles. The van der Waals surface area contributed by atoms with Crippen molar-refractivity contribution in [2.24, 2.45) is 0 Å². The van der Waals surface area contributed by atoms with E-state index in [1.54, 1.807) is 18.2 Å². The number of nitriles is 1. The zero-order valence-corrected chi connectivity index (χ0v) is 16.9. The average molecular weight is 422 g/mol. The number of sulfonamides is 1. The lowest BCUT2D eigenvalue weighted by atomic mass is 10.2. The van der Waals surface area contributed by atoms with Crippen LogP contribution in [0.15, 0.2) is 53.4 Å². The third-order valence-electron chi connectivity index (χ3n) is 3.84. The van der Waals surface area contributed by atoms with Crippen LogP contribution in [-0.4, -0.2) is 44.5 Å². The van der Waals surface area contributed by atoms with Gasteiger partial charge in [-0.15, -0.1) is 0 Å². The molecule has 9 heteroatoms. The van der Waals surface area contributed by atoms with Gasteiger partial charge in [0.1, 0.15) is 5.82 Å². The summed E-state index contributed by atoms with van der Waals surface area (Å²) in [6.07, 6.45) is 0. The van der Waals surface area contributed by atoms with Crippen molar-refractivity contribution < 1.29 is 17.6 Å². The lowest BCUT2D eigenvalue weighted by molar-refractivity contribution is -0.121. The van der Waals surface area contributed by atoms with Gasteiger partial charge in [-0.2, -0.15) is 21.3 Å². The first-order valence-electron chi connectivity index (χ1n) is 8.39. The van der Waals surface area contributed by atoms with Gasteiger partial charge >= 0.3 is 0 Å². The summed E-state index contributed by atoms with van der Waals surface area (Å²) in [6.45, 7) is 0.0308. The summed E-state index contributed by atoms with van der Waals surface area (Å²) in [5, 5.41) is 11.4. The molecule has 0 aliphatic rings.